The van der Waals surface area contributed by atoms with Crippen molar-refractivity contribution in [2.45, 2.75) is 38.8 Å². The molecule has 2 aliphatic rings. The highest BCUT2D eigenvalue weighted by atomic mass is 32.1. The number of nitrogens with zero attached hydrogens (tertiary/aromatic N) is 2. The number of thiophene rings is 1. The van der Waals surface area contributed by atoms with Crippen molar-refractivity contribution in [2.24, 2.45) is 16.8 Å². The molecular formula is C24H21F3N2O4S. The SMILES string of the molecule is CC(CCc1cccs1)C(=O)C1=C([N+](=O)[O-])C2CCC=C(c3ccoc3)C=C(C(F)(F)F)C2=N1. The maximum absolute atomic E-state index is 14.1. The van der Waals surface area contributed by atoms with E-state index in [1.807, 2.05) is 17.5 Å². The number of hydrogen-bond acceptors (Lipinski definition) is 6. The van der Waals surface area contributed by atoms with Crippen molar-refractivity contribution >= 4 is 28.4 Å². The predicted octanol–water partition coefficient (Wildman–Crippen LogP) is 6.40. The van der Waals surface area contributed by atoms with Gasteiger partial charge in [0.05, 0.1) is 34.7 Å². The lowest BCUT2D eigenvalue weighted by molar-refractivity contribution is -0.431. The largest absolute Gasteiger partial charge is 0.472 e. The molecule has 0 amide bonds. The maximum Gasteiger partial charge on any atom is 0.418 e. The Labute approximate surface area is 197 Å². The molecule has 0 radical (unpaired) electrons. The quantitative estimate of drug-likeness (QED) is 0.332. The summed E-state index contributed by atoms with van der Waals surface area (Å²) in [7, 11) is 0. The molecular weight excluding hydrogens is 469 g/mol. The van der Waals surface area contributed by atoms with Gasteiger partial charge in [-0.1, -0.05) is 19.1 Å². The standard InChI is InChI=1S/C24H21F3N2O4S/c1-14(7-8-17-5-3-11-34-17)23(30)21-22(29(31)32)18-6-2-4-15(16-9-10-33-13-16)12-19(20(18)28-21)24(25,26)27/h3-5,9-14,18H,2,6-8H2,1H3. The number of carbonyl (C=O) groups is 1. The van der Waals surface area contributed by atoms with Gasteiger partial charge in [-0.2, -0.15) is 13.2 Å². The van der Waals surface area contributed by atoms with Crippen LogP contribution in [-0.4, -0.2) is 22.6 Å². The van der Waals surface area contributed by atoms with Gasteiger partial charge < -0.3 is 4.42 Å². The molecule has 34 heavy (non-hydrogen) atoms. The average molecular weight is 491 g/mol. The van der Waals surface area contributed by atoms with Crippen LogP contribution in [0.15, 0.2) is 74.6 Å². The molecule has 6 nitrogen and oxygen atoms in total. The Morgan fingerprint density at radius 1 is 1.38 bits per heavy atom. The molecule has 178 valence electrons. The van der Waals surface area contributed by atoms with Crippen LogP contribution >= 0.6 is 11.3 Å². The van der Waals surface area contributed by atoms with Crippen molar-refractivity contribution in [1.29, 1.82) is 0 Å². The third kappa shape index (κ3) is 4.82. The molecule has 0 bridgehead atoms. The van der Waals surface area contributed by atoms with Crippen LogP contribution in [0.1, 0.15) is 36.6 Å². The summed E-state index contributed by atoms with van der Waals surface area (Å²) in [5, 5.41) is 13.8. The molecule has 1 aliphatic heterocycles. The van der Waals surface area contributed by atoms with E-state index in [0.717, 1.165) is 11.0 Å². The Morgan fingerprint density at radius 3 is 2.79 bits per heavy atom. The van der Waals surface area contributed by atoms with Gasteiger partial charge in [0, 0.05) is 16.4 Å². The number of halogens is 3. The third-order valence-electron chi connectivity index (χ3n) is 5.97. The second-order valence-electron chi connectivity index (χ2n) is 8.23. The number of hydrogen-bond donors (Lipinski definition) is 0. The fourth-order valence-electron chi connectivity index (χ4n) is 4.20. The van der Waals surface area contributed by atoms with Crippen molar-refractivity contribution in [2.75, 3.05) is 0 Å². The smallest absolute Gasteiger partial charge is 0.418 e. The lowest BCUT2D eigenvalue weighted by Crippen LogP contribution is -2.28. The van der Waals surface area contributed by atoms with E-state index in [4.69, 9.17) is 4.42 Å². The van der Waals surface area contributed by atoms with Gasteiger partial charge in [0.25, 0.3) is 5.70 Å². The number of Topliss-reactive ketones (excluding diaryl/α,β-unsaturated/α-hetero) is 1. The van der Waals surface area contributed by atoms with E-state index in [1.165, 1.54) is 29.9 Å². The zero-order chi connectivity index (χ0) is 24.5. The van der Waals surface area contributed by atoms with Crippen molar-refractivity contribution in [3.63, 3.8) is 0 Å². The van der Waals surface area contributed by atoms with Gasteiger partial charge in [-0.15, -0.1) is 11.3 Å². The lowest BCUT2D eigenvalue weighted by Gasteiger charge is -2.20. The molecule has 0 saturated heterocycles. The number of allylic oxidation sites excluding steroid dienone is 6. The molecule has 2 aromatic rings. The minimum Gasteiger partial charge on any atom is -0.472 e. The molecule has 2 aromatic heterocycles. The van der Waals surface area contributed by atoms with Crippen LogP contribution < -0.4 is 0 Å². The highest BCUT2D eigenvalue weighted by molar-refractivity contribution is 7.09. The molecule has 1 aliphatic carbocycles. The van der Waals surface area contributed by atoms with Crippen molar-refractivity contribution in [3.8, 4) is 0 Å². The van der Waals surface area contributed by atoms with Crippen molar-refractivity contribution in [3.05, 3.63) is 85.8 Å². The fraction of sp³-hybridized carbons (Fsp3) is 0.333. The second-order valence-corrected chi connectivity index (χ2v) is 9.26. The van der Waals surface area contributed by atoms with Crippen LogP contribution in [0.2, 0.25) is 0 Å². The normalized spacial score (nSPS) is 19.5. The van der Waals surface area contributed by atoms with E-state index in [2.05, 4.69) is 4.99 Å². The molecule has 0 spiro atoms. The number of rotatable bonds is 7. The average Bonchev–Trinajstić information content (AvgIpc) is 3.52. The summed E-state index contributed by atoms with van der Waals surface area (Å²) < 4.78 is 47.4. The van der Waals surface area contributed by atoms with E-state index >= 15 is 0 Å². The van der Waals surface area contributed by atoms with Crippen LogP contribution in [0, 0.1) is 22.0 Å². The summed E-state index contributed by atoms with van der Waals surface area (Å²) in [5.41, 5.74) is -1.82. The van der Waals surface area contributed by atoms with Gasteiger partial charge in [-0.3, -0.25) is 14.9 Å². The second kappa shape index (κ2) is 9.54. The summed E-state index contributed by atoms with van der Waals surface area (Å²) in [6.45, 7) is 1.63. The molecule has 0 fully saturated rings. The minimum atomic E-state index is -4.82. The molecule has 2 atom stereocenters. The number of furan rings is 1. The monoisotopic (exact) mass is 490 g/mol. The first kappa shape index (κ1) is 23.9. The van der Waals surface area contributed by atoms with Crippen molar-refractivity contribution < 1.29 is 27.3 Å². The van der Waals surface area contributed by atoms with Gasteiger partial charge in [0.1, 0.15) is 0 Å². The van der Waals surface area contributed by atoms with Crippen LogP contribution in [0.3, 0.4) is 0 Å². The molecule has 0 saturated carbocycles. The molecule has 2 unspecified atom stereocenters. The Balaban J connectivity index is 1.71. The van der Waals surface area contributed by atoms with Crippen LogP contribution in [-0.2, 0) is 11.2 Å². The zero-order valence-corrected chi connectivity index (χ0v) is 19.0. The fourth-order valence-corrected chi connectivity index (χ4v) is 4.92. The van der Waals surface area contributed by atoms with Gasteiger partial charge in [0.15, 0.2) is 11.5 Å². The van der Waals surface area contributed by atoms with Crippen LogP contribution in [0.25, 0.3) is 5.57 Å². The molecule has 10 heteroatoms. The number of carbonyl (C=O) groups excluding carboxylic acids is 1. The molecule has 3 heterocycles. The first-order valence-electron chi connectivity index (χ1n) is 10.7. The van der Waals surface area contributed by atoms with Gasteiger partial charge in [-0.05, 0) is 54.8 Å². The van der Waals surface area contributed by atoms with E-state index in [1.54, 1.807) is 13.0 Å². The van der Waals surface area contributed by atoms with E-state index in [9.17, 15) is 28.1 Å². The number of alkyl halides is 3. The third-order valence-corrected chi connectivity index (χ3v) is 6.91. The van der Waals surface area contributed by atoms with Gasteiger partial charge in [0.2, 0.25) is 0 Å². The number of aryl methyl sites for hydroxylation is 1. The predicted molar refractivity (Wildman–Crippen MR) is 122 cm³/mol. The van der Waals surface area contributed by atoms with Gasteiger partial charge >= 0.3 is 6.18 Å². The van der Waals surface area contributed by atoms with Crippen molar-refractivity contribution in [1.82, 2.24) is 0 Å². The maximum atomic E-state index is 14.1. The molecule has 0 N–H and O–H groups in total. The Kier molecular flexibility index (Phi) is 6.70. The Bertz CT molecular complexity index is 1210. The highest BCUT2D eigenvalue weighted by Gasteiger charge is 2.49. The molecule has 4 rings (SSSR count). The summed E-state index contributed by atoms with van der Waals surface area (Å²) in [6, 6.07) is 5.35. The van der Waals surface area contributed by atoms with Crippen LogP contribution in [0.4, 0.5) is 13.2 Å². The number of ketones is 1. The zero-order valence-electron chi connectivity index (χ0n) is 18.2. The Hall–Kier alpha value is -3.27. The first-order chi connectivity index (χ1) is 16.2. The van der Waals surface area contributed by atoms with E-state index in [0.29, 0.717) is 18.4 Å². The van der Waals surface area contributed by atoms with E-state index < -0.39 is 51.4 Å². The topological polar surface area (TPSA) is 85.7 Å². The molecule has 0 aromatic carbocycles. The first-order valence-corrected chi connectivity index (χ1v) is 11.6. The number of fused-ring (bicyclic) bond motifs is 1. The summed E-state index contributed by atoms with van der Waals surface area (Å²) in [6.07, 6.45) is 1.71. The number of aliphatic imine (C=N–C) groups is 1. The summed E-state index contributed by atoms with van der Waals surface area (Å²) >= 11 is 1.53. The Morgan fingerprint density at radius 2 is 2.18 bits per heavy atom. The number of nitro groups is 1. The van der Waals surface area contributed by atoms with Crippen LogP contribution in [0.5, 0.6) is 0 Å². The van der Waals surface area contributed by atoms with E-state index in [-0.39, 0.29) is 18.4 Å². The highest BCUT2D eigenvalue weighted by Crippen LogP contribution is 2.42. The summed E-state index contributed by atoms with van der Waals surface area (Å²) in [4.78, 5) is 29.4. The van der Waals surface area contributed by atoms with Gasteiger partial charge in [-0.25, -0.2) is 4.99 Å². The lowest BCUT2D eigenvalue weighted by atomic mass is 9.86. The minimum absolute atomic E-state index is 0.0320. The summed E-state index contributed by atoms with van der Waals surface area (Å²) in [5.74, 6) is -2.45.